The van der Waals surface area contributed by atoms with Crippen molar-refractivity contribution in [2.24, 2.45) is 0 Å². The van der Waals surface area contributed by atoms with Gasteiger partial charge in [0.1, 0.15) is 0 Å². The Bertz CT molecular complexity index is 186. The zero-order valence-corrected chi connectivity index (χ0v) is 11.1. The summed E-state index contributed by atoms with van der Waals surface area (Å²) in [6, 6.07) is 0. The molecular formula is C8H24N2O6S. The van der Waals surface area contributed by atoms with Crippen LogP contribution >= 0.6 is 0 Å². The molecule has 0 radical (unpaired) electrons. The smallest absolute Gasteiger partial charge is 0.394 e. The monoisotopic (exact) mass is 276 g/mol. The molecule has 0 unspecified atom stereocenters. The maximum absolute atomic E-state index is 8.74. The van der Waals surface area contributed by atoms with Crippen LogP contribution in [-0.2, 0) is 10.4 Å². The Morgan fingerprint density at radius 3 is 1.18 bits per heavy atom. The van der Waals surface area contributed by atoms with Crippen molar-refractivity contribution in [1.29, 1.82) is 0 Å². The first-order valence-corrected chi connectivity index (χ1v) is 6.56. The van der Waals surface area contributed by atoms with Crippen molar-refractivity contribution in [2.75, 3.05) is 39.4 Å². The lowest BCUT2D eigenvalue weighted by Crippen LogP contribution is -2.16. The summed E-state index contributed by atoms with van der Waals surface area (Å²) in [4.78, 5) is 0. The van der Waals surface area contributed by atoms with E-state index < -0.39 is 10.4 Å². The van der Waals surface area contributed by atoms with E-state index in [9.17, 15) is 0 Å². The number of nitrogens with one attached hydrogen (secondary N) is 2. The molecule has 0 aliphatic rings. The summed E-state index contributed by atoms with van der Waals surface area (Å²) in [5, 5.41) is 22.2. The van der Waals surface area contributed by atoms with Crippen LogP contribution in [0.25, 0.3) is 0 Å². The molecule has 0 spiro atoms. The second kappa shape index (κ2) is 18.1. The Morgan fingerprint density at radius 1 is 0.882 bits per heavy atom. The molecular weight excluding hydrogens is 252 g/mol. The first-order valence-electron chi connectivity index (χ1n) is 5.16. The maximum Gasteiger partial charge on any atom is 0.394 e. The van der Waals surface area contributed by atoms with Crippen molar-refractivity contribution >= 4 is 10.4 Å². The van der Waals surface area contributed by atoms with Gasteiger partial charge in [0.2, 0.25) is 0 Å². The van der Waals surface area contributed by atoms with Gasteiger partial charge in [0, 0.05) is 13.1 Å². The van der Waals surface area contributed by atoms with E-state index in [4.69, 9.17) is 27.7 Å². The highest BCUT2D eigenvalue weighted by atomic mass is 32.3. The molecule has 0 heterocycles. The molecule has 0 aromatic rings. The molecule has 0 fully saturated rings. The Kier molecular flexibility index (Phi) is 23.3. The van der Waals surface area contributed by atoms with Crippen LogP contribution in [0.15, 0.2) is 0 Å². The normalized spacial score (nSPS) is 9.76. The molecule has 17 heavy (non-hydrogen) atoms. The number of likely N-dealkylation sites (N-methyl/N-ethyl adjacent to an activating group) is 2. The van der Waals surface area contributed by atoms with Crippen LogP contribution in [0.1, 0.15) is 13.8 Å². The molecule has 0 bridgehead atoms. The van der Waals surface area contributed by atoms with E-state index >= 15 is 0 Å². The van der Waals surface area contributed by atoms with Crippen LogP contribution in [0.4, 0.5) is 0 Å². The lowest BCUT2D eigenvalue weighted by molar-refractivity contribution is 0.293. The molecule has 8 nitrogen and oxygen atoms in total. The van der Waals surface area contributed by atoms with E-state index in [-0.39, 0.29) is 13.2 Å². The van der Waals surface area contributed by atoms with Gasteiger partial charge in [-0.05, 0) is 13.1 Å². The van der Waals surface area contributed by atoms with Gasteiger partial charge in [0.25, 0.3) is 0 Å². The zero-order chi connectivity index (χ0) is 14.2. The molecule has 0 amide bonds. The van der Waals surface area contributed by atoms with Crippen LogP contribution < -0.4 is 10.6 Å². The highest BCUT2D eigenvalue weighted by Crippen LogP contribution is 1.59. The van der Waals surface area contributed by atoms with E-state index in [1.165, 1.54) is 0 Å². The summed E-state index contributed by atoms with van der Waals surface area (Å²) in [5.74, 6) is 0. The second-order valence-electron chi connectivity index (χ2n) is 2.60. The molecule has 9 heteroatoms. The molecule has 0 aliphatic carbocycles. The average Bonchev–Trinajstić information content (AvgIpc) is 2.22. The van der Waals surface area contributed by atoms with Crippen LogP contribution in [0.2, 0.25) is 0 Å². The van der Waals surface area contributed by atoms with Crippen LogP contribution in [-0.4, -0.2) is 67.1 Å². The van der Waals surface area contributed by atoms with Crippen LogP contribution in [0, 0.1) is 0 Å². The Hall–Kier alpha value is -0.290. The standard InChI is InChI=1S/2C4H11NO.H2O4S/c2*1-2-5-3-4-6;1-5(2,3)4/h2*5-6H,2-4H2,1H3;(H2,1,2,3,4). The van der Waals surface area contributed by atoms with E-state index in [1.807, 2.05) is 13.8 Å². The third kappa shape index (κ3) is 90.6. The minimum atomic E-state index is -4.67. The molecule has 108 valence electrons. The fourth-order valence-electron chi connectivity index (χ4n) is 0.512. The summed E-state index contributed by atoms with van der Waals surface area (Å²) in [6.07, 6.45) is 0. The van der Waals surface area contributed by atoms with Crippen molar-refractivity contribution in [3.63, 3.8) is 0 Å². The predicted octanol–water partition coefficient (Wildman–Crippen LogP) is -1.48. The summed E-state index contributed by atoms with van der Waals surface area (Å²) < 4.78 is 31.6. The lowest BCUT2D eigenvalue weighted by Gasteiger charge is -1.91. The molecule has 0 aliphatic heterocycles. The fourth-order valence-corrected chi connectivity index (χ4v) is 0.512. The van der Waals surface area contributed by atoms with E-state index in [1.54, 1.807) is 0 Å². The SMILES string of the molecule is CCNCCO.CCNCCO.O=S(=O)(O)O. The van der Waals surface area contributed by atoms with Gasteiger partial charge in [-0.15, -0.1) is 0 Å². The number of hydrogen-bond donors (Lipinski definition) is 6. The highest BCUT2D eigenvalue weighted by molar-refractivity contribution is 7.79. The topological polar surface area (TPSA) is 139 Å². The van der Waals surface area contributed by atoms with E-state index in [0.717, 1.165) is 26.2 Å². The minimum Gasteiger partial charge on any atom is -0.395 e. The quantitative estimate of drug-likeness (QED) is 0.255. The van der Waals surface area contributed by atoms with Gasteiger partial charge in [0.05, 0.1) is 13.2 Å². The van der Waals surface area contributed by atoms with Crippen molar-refractivity contribution in [3.8, 4) is 0 Å². The third-order valence-electron chi connectivity index (χ3n) is 1.08. The Morgan fingerprint density at radius 2 is 1.12 bits per heavy atom. The van der Waals surface area contributed by atoms with Crippen molar-refractivity contribution in [1.82, 2.24) is 10.6 Å². The minimum absolute atomic E-state index is 0.244. The molecule has 0 saturated heterocycles. The summed E-state index contributed by atoms with van der Waals surface area (Å²) in [7, 11) is -4.67. The predicted molar refractivity (Wildman–Crippen MR) is 65.4 cm³/mol. The van der Waals surface area contributed by atoms with Crippen molar-refractivity contribution in [3.05, 3.63) is 0 Å². The third-order valence-corrected chi connectivity index (χ3v) is 1.08. The number of aliphatic hydroxyl groups is 2. The summed E-state index contributed by atoms with van der Waals surface area (Å²) in [6.45, 7) is 7.83. The number of rotatable bonds is 6. The Labute approximate surface area is 103 Å². The maximum atomic E-state index is 8.74. The van der Waals surface area contributed by atoms with Crippen LogP contribution in [0.5, 0.6) is 0 Å². The summed E-state index contributed by atoms with van der Waals surface area (Å²) in [5.41, 5.74) is 0. The molecule has 6 N–H and O–H groups in total. The molecule has 0 atom stereocenters. The average molecular weight is 276 g/mol. The molecule has 0 aromatic heterocycles. The van der Waals surface area contributed by atoms with Gasteiger partial charge < -0.3 is 20.8 Å². The molecule has 0 aromatic carbocycles. The van der Waals surface area contributed by atoms with Gasteiger partial charge in [-0.3, -0.25) is 9.11 Å². The number of aliphatic hydroxyl groups excluding tert-OH is 2. The fraction of sp³-hybridized carbons (Fsp3) is 1.00. The van der Waals surface area contributed by atoms with Crippen molar-refractivity contribution < 1.29 is 27.7 Å². The van der Waals surface area contributed by atoms with Gasteiger partial charge in [-0.1, -0.05) is 13.8 Å². The van der Waals surface area contributed by atoms with Gasteiger partial charge in [0.15, 0.2) is 0 Å². The van der Waals surface area contributed by atoms with Crippen molar-refractivity contribution in [2.45, 2.75) is 13.8 Å². The molecule has 0 rings (SSSR count). The highest BCUT2D eigenvalue weighted by Gasteiger charge is 1.84. The van der Waals surface area contributed by atoms with Gasteiger partial charge in [-0.2, -0.15) is 8.42 Å². The first kappa shape index (κ1) is 21.9. The van der Waals surface area contributed by atoms with E-state index in [0.29, 0.717) is 0 Å². The van der Waals surface area contributed by atoms with Gasteiger partial charge in [-0.25, -0.2) is 0 Å². The van der Waals surface area contributed by atoms with Crippen LogP contribution in [0.3, 0.4) is 0 Å². The lowest BCUT2D eigenvalue weighted by atomic mass is 10.6. The Balaban J connectivity index is -0.000000174. The summed E-state index contributed by atoms with van der Waals surface area (Å²) >= 11 is 0. The largest absolute Gasteiger partial charge is 0.395 e. The van der Waals surface area contributed by atoms with E-state index in [2.05, 4.69) is 10.6 Å². The van der Waals surface area contributed by atoms with Gasteiger partial charge >= 0.3 is 10.4 Å². The first-order chi connectivity index (χ1) is 7.83. The zero-order valence-electron chi connectivity index (χ0n) is 10.3. The second-order valence-corrected chi connectivity index (χ2v) is 3.50. The number of hydrogen-bond acceptors (Lipinski definition) is 6. The molecule has 0 saturated carbocycles.